The van der Waals surface area contributed by atoms with Crippen LogP contribution in [0.2, 0.25) is 0 Å². The second-order valence-electron chi connectivity index (χ2n) is 6.60. The van der Waals surface area contributed by atoms with Crippen LogP contribution in [0.4, 0.5) is 5.69 Å². The summed E-state index contributed by atoms with van der Waals surface area (Å²) in [7, 11) is -2.31. The summed E-state index contributed by atoms with van der Waals surface area (Å²) >= 11 is 0. The van der Waals surface area contributed by atoms with E-state index in [4.69, 9.17) is 4.74 Å². The number of hydrogen-bond donors (Lipinski definition) is 0. The van der Waals surface area contributed by atoms with E-state index in [1.165, 1.54) is 16.8 Å². The molecule has 7 nitrogen and oxygen atoms in total. The Balaban J connectivity index is 1.84. The fraction of sp³-hybridized carbons (Fsp3) is 0.143. The molecule has 29 heavy (non-hydrogen) atoms. The van der Waals surface area contributed by atoms with E-state index in [0.29, 0.717) is 17.1 Å². The third-order valence-electron chi connectivity index (χ3n) is 4.77. The minimum atomic E-state index is -3.86. The molecule has 2 heterocycles. The number of hydrogen-bond acceptors (Lipinski definition) is 5. The zero-order valence-electron chi connectivity index (χ0n) is 16.1. The average molecular weight is 408 g/mol. The van der Waals surface area contributed by atoms with Crippen molar-refractivity contribution in [2.75, 3.05) is 11.4 Å². The van der Waals surface area contributed by atoms with Crippen molar-refractivity contribution in [3.63, 3.8) is 0 Å². The van der Waals surface area contributed by atoms with E-state index in [2.05, 4.69) is 10.2 Å². The Morgan fingerprint density at radius 2 is 1.90 bits per heavy atom. The summed E-state index contributed by atoms with van der Waals surface area (Å²) in [5.41, 5.74) is 3.04. The number of aromatic nitrogens is 3. The number of anilines is 1. The van der Waals surface area contributed by atoms with Crippen molar-refractivity contribution in [1.82, 2.24) is 14.6 Å². The van der Waals surface area contributed by atoms with Gasteiger partial charge >= 0.3 is 0 Å². The average Bonchev–Trinajstić information content (AvgIpc) is 3.21. The number of pyridine rings is 1. The minimum absolute atomic E-state index is 0.154. The van der Waals surface area contributed by atoms with Crippen molar-refractivity contribution < 1.29 is 13.2 Å². The van der Waals surface area contributed by atoms with E-state index < -0.39 is 10.0 Å². The maximum Gasteiger partial charge on any atom is 0.266 e. The van der Waals surface area contributed by atoms with Gasteiger partial charge in [0.25, 0.3) is 10.0 Å². The summed E-state index contributed by atoms with van der Waals surface area (Å²) in [5.74, 6) is 0.585. The lowest BCUT2D eigenvalue weighted by Crippen LogP contribution is -2.31. The van der Waals surface area contributed by atoms with Gasteiger partial charge in [-0.15, -0.1) is 10.2 Å². The zero-order valence-corrected chi connectivity index (χ0v) is 16.9. The predicted octanol–water partition coefficient (Wildman–Crippen LogP) is 3.44. The maximum atomic E-state index is 13.6. The van der Waals surface area contributed by atoms with E-state index in [0.717, 1.165) is 11.1 Å². The molecular weight excluding hydrogens is 388 g/mol. The van der Waals surface area contributed by atoms with Crippen molar-refractivity contribution in [3.8, 4) is 5.75 Å². The summed E-state index contributed by atoms with van der Waals surface area (Å²) < 4.78 is 35.6. The largest absolute Gasteiger partial charge is 0.497 e. The third-order valence-corrected chi connectivity index (χ3v) is 6.53. The van der Waals surface area contributed by atoms with Crippen LogP contribution in [0.15, 0.2) is 78.1 Å². The normalized spacial score (nSPS) is 11.5. The van der Waals surface area contributed by atoms with Crippen LogP contribution in [0, 0.1) is 6.92 Å². The molecule has 4 aromatic rings. The molecule has 4 rings (SSSR count). The highest BCUT2D eigenvalue weighted by Crippen LogP contribution is 2.29. The van der Waals surface area contributed by atoms with Crippen molar-refractivity contribution >= 4 is 21.4 Å². The van der Waals surface area contributed by atoms with Gasteiger partial charge in [0.1, 0.15) is 17.0 Å². The highest BCUT2D eigenvalue weighted by molar-refractivity contribution is 7.92. The molecule has 0 atom stereocenters. The molecule has 0 amide bonds. The standard InChI is InChI=1S/C21H20N4O3S/c1-16-6-3-4-7-17(16)13-25(18-8-5-9-19(12-18)28-2)29(26,27)20-10-11-21-23-22-15-24(21)14-20/h3-12,14-15H,13H2,1-2H3. The van der Waals surface area contributed by atoms with Gasteiger partial charge in [-0.1, -0.05) is 30.3 Å². The number of ether oxygens (including phenoxy) is 1. The Hall–Kier alpha value is -3.39. The maximum absolute atomic E-state index is 13.6. The zero-order chi connectivity index (χ0) is 20.4. The number of aryl methyl sites for hydroxylation is 1. The third kappa shape index (κ3) is 3.66. The van der Waals surface area contributed by atoms with E-state index in [1.54, 1.807) is 47.9 Å². The van der Waals surface area contributed by atoms with Gasteiger partial charge in [0.2, 0.25) is 0 Å². The summed E-state index contributed by atoms with van der Waals surface area (Å²) in [4.78, 5) is 0.154. The van der Waals surface area contributed by atoms with Crippen molar-refractivity contribution in [2.45, 2.75) is 18.4 Å². The number of benzene rings is 2. The fourth-order valence-corrected chi connectivity index (χ4v) is 4.55. The molecular formula is C21H20N4O3S. The molecule has 0 saturated carbocycles. The summed E-state index contributed by atoms with van der Waals surface area (Å²) in [6, 6.07) is 18.0. The van der Waals surface area contributed by atoms with Crippen LogP contribution in [-0.4, -0.2) is 30.1 Å². The highest BCUT2D eigenvalue weighted by atomic mass is 32.2. The highest BCUT2D eigenvalue weighted by Gasteiger charge is 2.26. The monoisotopic (exact) mass is 408 g/mol. The second-order valence-corrected chi connectivity index (χ2v) is 8.46. The van der Waals surface area contributed by atoms with Crippen LogP contribution in [0.25, 0.3) is 5.65 Å². The Bertz CT molecular complexity index is 1270. The molecule has 148 valence electrons. The van der Waals surface area contributed by atoms with Gasteiger partial charge in [-0.3, -0.25) is 8.71 Å². The molecule has 0 unspecified atom stereocenters. The van der Waals surface area contributed by atoms with E-state index in [-0.39, 0.29) is 11.4 Å². The Kier molecular flexibility index (Phi) is 4.94. The molecule has 0 N–H and O–H groups in total. The molecule has 0 radical (unpaired) electrons. The molecule has 0 bridgehead atoms. The Morgan fingerprint density at radius 1 is 1.07 bits per heavy atom. The topological polar surface area (TPSA) is 76.8 Å². The van der Waals surface area contributed by atoms with E-state index in [1.807, 2.05) is 31.2 Å². The first-order valence-corrected chi connectivity index (χ1v) is 10.4. The lowest BCUT2D eigenvalue weighted by Gasteiger charge is -2.25. The first kappa shape index (κ1) is 18.9. The number of fused-ring (bicyclic) bond motifs is 1. The van der Waals surface area contributed by atoms with Crippen LogP contribution in [0.1, 0.15) is 11.1 Å². The lowest BCUT2D eigenvalue weighted by atomic mass is 10.1. The van der Waals surface area contributed by atoms with Gasteiger partial charge in [-0.05, 0) is 42.3 Å². The lowest BCUT2D eigenvalue weighted by molar-refractivity contribution is 0.415. The SMILES string of the molecule is COc1cccc(N(Cc2ccccc2C)S(=O)(=O)c2ccc3nncn3c2)c1. The minimum Gasteiger partial charge on any atom is -0.497 e. The fourth-order valence-electron chi connectivity index (χ4n) is 3.11. The quantitative estimate of drug-likeness (QED) is 0.488. The van der Waals surface area contributed by atoms with Crippen LogP contribution in [0.5, 0.6) is 5.75 Å². The Morgan fingerprint density at radius 3 is 2.69 bits per heavy atom. The molecule has 2 aromatic heterocycles. The first-order chi connectivity index (χ1) is 14.0. The van der Waals surface area contributed by atoms with Crippen molar-refractivity contribution in [3.05, 3.63) is 84.3 Å². The summed E-state index contributed by atoms with van der Waals surface area (Å²) in [6.45, 7) is 2.16. The summed E-state index contributed by atoms with van der Waals surface area (Å²) in [5, 5.41) is 7.75. The van der Waals surface area contributed by atoms with E-state index >= 15 is 0 Å². The predicted molar refractivity (Wildman–Crippen MR) is 111 cm³/mol. The van der Waals surface area contributed by atoms with E-state index in [9.17, 15) is 8.42 Å². The smallest absolute Gasteiger partial charge is 0.266 e. The van der Waals surface area contributed by atoms with Gasteiger partial charge in [0.05, 0.1) is 19.3 Å². The molecule has 0 aliphatic carbocycles. The van der Waals surface area contributed by atoms with Crippen LogP contribution < -0.4 is 9.04 Å². The first-order valence-electron chi connectivity index (χ1n) is 9.00. The van der Waals surface area contributed by atoms with Gasteiger partial charge < -0.3 is 4.74 Å². The molecule has 0 fully saturated rings. The van der Waals surface area contributed by atoms with Crippen LogP contribution in [0.3, 0.4) is 0 Å². The number of methoxy groups -OCH3 is 1. The number of nitrogens with zero attached hydrogens (tertiary/aromatic N) is 4. The molecule has 0 aliphatic heterocycles. The molecule has 2 aromatic carbocycles. The molecule has 0 spiro atoms. The van der Waals surface area contributed by atoms with Gasteiger partial charge in [-0.25, -0.2) is 8.42 Å². The van der Waals surface area contributed by atoms with Crippen molar-refractivity contribution in [2.24, 2.45) is 0 Å². The van der Waals surface area contributed by atoms with Gasteiger partial charge in [0, 0.05) is 12.3 Å². The second kappa shape index (κ2) is 7.56. The van der Waals surface area contributed by atoms with Gasteiger partial charge in [0.15, 0.2) is 5.65 Å². The molecule has 8 heteroatoms. The van der Waals surface area contributed by atoms with Crippen molar-refractivity contribution in [1.29, 1.82) is 0 Å². The Labute approximate surface area is 169 Å². The molecule has 0 saturated heterocycles. The van der Waals surface area contributed by atoms with Crippen LogP contribution in [-0.2, 0) is 16.6 Å². The number of sulfonamides is 1. The van der Waals surface area contributed by atoms with Crippen LogP contribution >= 0.6 is 0 Å². The number of rotatable bonds is 6. The summed E-state index contributed by atoms with van der Waals surface area (Å²) in [6.07, 6.45) is 3.00. The van der Waals surface area contributed by atoms with Gasteiger partial charge in [-0.2, -0.15) is 0 Å². The molecule has 0 aliphatic rings.